The molecular formula is C27H20ClN. The van der Waals surface area contributed by atoms with Crippen molar-refractivity contribution in [3.63, 3.8) is 0 Å². The van der Waals surface area contributed by atoms with Crippen molar-refractivity contribution >= 4 is 28.6 Å². The molecule has 1 nitrogen and oxygen atoms in total. The number of para-hydroxylation sites is 1. The number of anilines is 1. The van der Waals surface area contributed by atoms with Gasteiger partial charge in [0.25, 0.3) is 0 Å². The monoisotopic (exact) mass is 393 g/mol. The number of halogens is 1. The molecule has 0 bridgehead atoms. The molecule has 0 unspecified atom stereocenters. The normalized spacial score (nSPS) is 13.3. The van der Waals surface area contributed by atoms with Crippen LogP contribution in [-0.2, 0) is 6.54 Å². The number of fused-ring (bicyclic) bond motifs is 1. The molecule has 1 aliphatic heterocycles. The molecule has 29 heavy (non-hydrogen) atoms. The second-order valence-corrected chi connectivity index (χ2v) is 7.62. The van der Waals surface area contributed by atoms with Crippen LogP contribution in [0.5, 0.6) is 0 Å². The molecule has 5 rings (SSSR count). The minimum Gasteiger partial charge on any atom is -0.336 e. The Morgan fingerprint density at radius 3 is 1.86 bits per heavy atom. The van der Waals surface area contributed by atoms with Crippen LogP contribution in [-0.4, -0.2) is 0 Å². The summed E-state index contributed by atoms with van der Waals surface area (Å²) in [6.45, 7) is 0.803. The van der Waals surface area contributed by atoms with Gasteiger partial charge in [-0.2, -0.15) is 0 Å². The highest BCUT2D eigenvalue weighted by molar-refractivity contribution is 6.31. The van der Waals surface area contributed by atoms with Gasteiger partial charge >= 0.3 is 0 Å². The van der Waals surface area contributed by atoms with Gasteiger partial charge in [-0.15, -0.1) is 0 Å². The molecule has 0 spiro atoms. The summed E-state index contributed by atoms with van der Waals surface area (Å²) in [6.07, 6.45) is 0. The van der Waals surface area contributed by atoms with Crippen LogP contribution in [0.3, 0.4) is 0 Å². The standard InChI is InChI=1S/C27H20ClN/c28-23-17-16-22-19-29(24-14-8-3-9-15-24)27(21-12-6-2-7-13-21)26(25(22)18-23)20-10-4-1-5-11-20/h1-18H,19H2. The van der Waals surface area contributed by atoms with Gasteiger partial charge in [0, 0.05) is 22.8 Å². The molecular weight excluding hydrogens is 374 g/mol. The van der Waals surface area contributed by atoms with Crippen molar-refractivity contribution in [2.45, 2.75) is 6.54 Å². The molecule has 0 N–H and O–H groups in total. The molecule has 4 aromatic carbocycles. The first kappa shape index (κ1) is 17.8. The number of hydrogen-bond acceptors (Lipinski definition) is 1. The molecule has 0 saturated carbocycles. The fourth-order valence-corrected chi connectivity index (χ4v) is 4.22. The molecule has 1 heterocycles. The van der Waals surface area contributed by atoms with Gasteiger partial charge in [0.15, 0.2) is 0 Å². The minimum atomic E-state index is 0.762. The first-order valence-electron chi connectivity index (χ1n) is 9.78. The summed E-state index contributed by atoms with van der Waals surface area (Å²) in [5.41, 5.74) is 8.46. The van der Waals surface area contributed by atoms with E-state index in [1.165, 1.54) is 39.2 Å². The van der Waals surface area contributed by atoms with Gasteiger partial charge in [0.1, 0.15) is 0 Å². The van der Waals surface area contributed by atoms with E-state index in [9.17, 15) is 0 Å². The van der Waals surface area contributed by atoms with Crippen LogP contribution >= 0.6 is 11.6 Å². The predicted octanol–water partition coefficient (Wildman–Crippen LogP) is 7.28. The Morgan fingerprint density at radius 2 is 1.21 bits per heavy atom. The zero-order valence-corrected chi connectivity index (χ0v) is 16.7. The maximum atomic E-state index is 6.44. The van der Waals surface area contributed by atoms with E-state index >= 15 is 0 Å². The van der Waals surface area contributed by atoms with Crippen LogP contribution in [0.25, 0.3) is 11.3 Å². The Hall–Kier alpha value is -3.29. The second-order valence-electron chi connectivity index (χ2n) is 7.18. The lowest BCUT2D eigenvalue weighted by molar-refractivity contribution is 0.963. The smallest absolute Gasteiger partial charge is 0.0573 e. The zero-order valence-electron chi connectivity index (χ0n) is 15.9. The van der Waals surface area contributed by atoms with Crippen molar-refractivity contribution in [1.29, 1.82) is 0 Å². The topological polar surface area (TPSA) is 3.24 Å². The van der Waals surface area contributed by atoms with E-state index in [1.807, 2.05) is 6.07 Å². The molecule has 140 valence electrons. The van der Waals surface area contributed by atoms with Gasteiger partial charge in [-0.3, -0.25) is 0 Å². The van der Waals surface area contributed by atoms with Gasteiger partial charge in [0.2, 0.25) is 0 Å². The highest BCUT2D eigenvalue weighted by atomic mass is 35.5. The molecule has 0 radical (unpaired) electrons. The molecule has 0 saturated heterocycles. The van der Waals surface area contributed by atoms with Gasteiger partial charge in [-0.1, -0.05) is 96.5 Å². The van der Waals surface area contributed by atoms with Gasteiger partial charge < -0.3 is 4.90 Å². The Bertz CT molecular complexity index is 1170. The molecule has 1 aliphatic rings. The van der Waals surface area contributed by atoms with Crippen LogP contribution < -0.4 is 4.90 Å². The van der Waals surface area contributed by atoms with Crippen molar-refractivity contribution in [3.05, 3.63) is 136 Å². The van der Waals surface area contributed by atoms with E-state index in [2.05, 4.69) is 108 Å². The Kier molecular flexibility index (Phi) is 4.67. The molecule has 0 aliphatic carbocycles. The van der Waals surface area contributed by atoms with Crippen LogP contribution in [0.4, 0.5) is 5.69 Å². The quantitative estimate of drug-likeness (QED) is 0.353. The molecule has 0 amide bonds. The number of hydrogen-bond donors (Lipinski definition) is 0. The average molecular weight is 394 g/mol. The lowest BCUT2D eigenvalue weighted by atomic mass is 9.86. The van der Waals surface area contributed by atoms with E-state index in [0.717, 1.165) is 11.6 Å². The third-order valence-electron chi connectivity index (χ3n) is 5.35. The minimum absolute atomic E-state index is 0.762. The van der Waals surface area contributed by atoms with Crippen molar-refractivity contribution in [1.82, 2.24) is 0 Å². The Balaban J connectivity index is 1.87. The lowest BCUT2D eigenvalue weighted by Gasteiger charge is -2.36. The van der Waals surface area contributed by atoms with E-state index in [4.69, 9.17) is 11.6 Å². The van der Waals surface area contributed by atoms with Gasteiger partial charge in [-0.25, -0.2) is 0 Å². The summed E-state index contributed by atoms with van der Waals surface area (Å²) in [5, 5.41) is 0.762. The number of rotatable bonds is 3. The highest BCUT2D eigenvalue weighted by Gasteiger charge is 2.28. The van der Waals surface area contributed by atoms with Gasteiger partial charge in [-0.05, 0) is 46.5 Å². The van der Waals surface area contributed by atoms with Crippen LogP contribution in [0.15, 0.2) is 109 Å². The molecule has 4 aromatic rings. The second kappa shape index (κ2) is 7.62. The number of benzene rings is 4. The van der Waals surface area contributed by atoms with Crippen molar-refractivity contribution in [2.24, 2.45) is 0 Å². The zero-order chi connectivity index (χ0) is 19.6. The Labute approximate surface area is 176 Å². The van der Waals surface area contributed by atoms with E-state index in [1.54, 1.807) is 0 Å². The fraction of sp³-hybridized carbons (Fsp3) is 0.0370. The maximum absolute atomic E-state index is 6.44. The summed E-state index contributed by atoms with van der Waals surface area (Å²) in [6, 6.07) is 38.1. The van der Waals surface area contributed by atoms with Crippen molar-refractivity contribution in [3.8, 4) is 0 Å². The van der Waals surface area contributed by atoms with E-state index in [0.29, 0.717) is 0 Å². The largest absolute Gasteiger partial charge is 0.336 e. The van der Waals surface area contributed by atoms with Crippen LogP contribution in [0.2, 0.25) is 5.02 Å². The molecule has 0 fully saturated rings. The maximum Gasteiger partial charge on any atom is 0.0573 e. The summed E-state index contributed by atoms with van der Waals surface area (Å²) in [5.74, 6) is 0. The van der Waals surface area contributed by atoms with Crippen LogP contribution in [0.1, 0.15) is 22.3 Å². The fourth-order valence-electron chi connectivity index (χ4n) is 4.05. The third-order valence-corrected chi connectivity index (χ3v) is 5.59. The summed E-state index contributed by atoms with van der Waals surface area (Å²) in [4.78, 5) is 2.41. The van der Waals surface area contributed by atoms with Gasteiger partial charge in [0.05, 0.1) is 5.70 Å². The first-order valence-corrected chi connectivity index (χ1v) is 10.2. The highest BCUT2D eigenvalue weighted by Crippen LogP contribution is 2.43. The molecule has 2 heteroatoms. The van der Waals surface area contributed by atoms with Crippen molar-refractivity contribution in [2.75, 3.05) is 4.90 Å². The van der Waals surface area contributed by atoms with E-state index < -0.39 is 0 Å². The lowest BCUT2D eigenvalue weighted by Crippen LogP contribution is -2.27. The van der Waals surface area contributed by atoms with Crippen LogP contribution in [0, 0.1) is 0 Å². The van der Waals surface area contributed by atoms with E-state index in [-0.39, 0.29) is 0 Å². The number of nitrogens with zero attached hydrogens (tertiary/aromatic N) is 1. The molecule has 0 atom stereocenters. The summed E-state index contributed by atoms with van der Waals surface area (Å²) < 4.78 is 0. The SMILES string of the molecule is Clc1ccc2c(c1)C(c1ccccc1)=C(c1ccccc1)N(c1ccccc1)C2. The predicted molar refractivity (Wildman–Crippen MR) is 123 cm³/mol. The van der Waals surface area contributed by atoms with Crippen molar-refractivity contribution < 1.29 is 0 Å². The Morgan fingerprint density at radius 1 is 0.621 bits per heavy atom. The third kappa shape index (κ3) is 3.35. The average Bonchev–Trinajstić information content (AvgIpc) is 2.79. The molecule has 0 aromatic heterocycles. The first-order chi connectivity index (χ1) is 14.3. The summed E-state index contributed by atoms with van der Waals surface area (Å²) >= 11 is 6.44. The summed E-state index contributed by atoms with van der Waals surface area (Å²) in [7, 11) is 0.